The van der Waals surface area contributed by atoms with Gasteiger partial charge in [-0.15, -0.1) is 287 Å². The van der Waals surface area contributed by atoms with E-state index in [1.807, 2.05) is 292 Å². The second-order valence-corrected chi connectivity index (χ2v) is 26.6. The van der Waals surface area contributed by atoms with Gasteiger partial charge in [0.05, 0.1) is 5.69 Å². The Labute approximate surface area is 821 Å². The molecule has 0 amide bonds. The molecule has 0 saturated heterocycles. The van der Waals surface area contributed by atoms with E-state index in [2.05, 4.69) is 127 Å². The van der Waals surface area contributed by atoms with Crippen molar-refractivity contribution >= 4 is 0 Å². The smallest absolute Gasteiger partial charge is 0.0716 e. The molecule has 12 heterocycles. The molecule has 0 unspecified atom stereocenters. The number of pyridine rings is 12. The largest absolute Gasteiger partial charge is 0.304 e. The molecule has 0 bridgehead atoms. The third-order valence-electron chi connectivity index (χ3n) is 18.0. The Morgan fingerprint density at radius 2 is 0.406 bits per heavy atom. The molecule has 16 heteroatoms. The van der Waals surface area contributed by atoms with Crippen LogP contribution in [0.3, 0.4) is 0 Å². The van der Waals surface area contributed by atoms with Crippen LogP contribution in [0, 0.1) is 75.9 Å². The minimum atomic E-state index is -2.09. The molecule has 4 radical (unpaired) electrons. The van der Waals surface area contributed by atoms with Crippen LogP contribution in [0.25, 0.3) is 135 Å². The van der Waals surface area contributed by atoms with Gasteiger partial charge in [0, 0.05) is 207 Å². The van der Waals surface area contributed by atoms with E-state index in [0.29, 0.717) is 0 Å². The first-order valence-electron chi connectivity index (χ1n) is 45.1. The first kappa shape index (κ1) is 81.2. The SMILES string of the molecule is [2H]C([2H])([2H])c1ccc(-c2[c-]cccc2)nc1.[2H]C([2H])([2H])c1ccc(-c2[c-]cccc2)nc1.[2H]C([2H])([2H])c1ccc(-c2[c-]cccc2)nc1.[2H]C([2H])([2H])c1ccc(-c2[c-]cccc2)nc1.[Ir].[Ir].[Ir].[Ir].[c-]1ccccc1-c1ccc(-c2ccccn2)cn1.[c-]1ccccc1-c1ccc(-c2cccnc2)cn1.[c-]1ccccc1-c1ccc(-c2cccnc2)cn1.[c-]1ccccc1-c1ccc(-c2ccncc2)cn1. The van der Waals surface area contributed by atoms with Gasteiger partial charge in [0.15, 0.2) is 0 Å². The Morgan fingerprint density at radius 3 is 0.609 bits per heavy atom. The van der Waals surface area contributed by atoms with Crippen molar-refractivity contribution in [3.05, 3.63) is 510 Å². The summed E-state index contributed by atoms with van der Waals surface area (Å²) in [7, 11) is 0. The van der Waals surface area contributed by atoms with Crippen LogP contribution in [-0.2, 0) is 80.4 Å². The summed E-state index contributed by atoms with van der Waals surface area (Å²) >= 11 is 0. The molecule has 12 nitrogen and oxygen atoms in total. The molecule has 0 aliphatic carbocycles. The molecule has 8 aromatic carbocycles. The molecule has 20 aromatic rings. The maximum absolute atomic E-state index is 7.23. The Morgan fingerprint density at radius 1 is 0.164 bits per heavy atom. The fraction of sp³-hybridized carbons (Fsp3) is 0.0357. The maximum atomic E-state index is 7.23. The minimum Gasteiger partial charge on any atom is -0.304 e. The summed E-state index contributed by atoms with van der Waals surface area (Å²) in [5.74, 6) is 0. The molecule has 12 aromatic heterocycles. The Bertz CT molecular complexity index is 5790. The number of nitrogens with zero attached hydrogens (tertiary/aromatic N) is 12. The molecule has 0 saturated carbocycles. The van der Waals surface area contributed by atoms with E-state index in [1.165, 1.54) is 24.8 Å². The number of benzene rings is 8. The van der Waals surface area contributed by atoms with E-state index in [1.54, 1.807) is 104 Å². The molecule has 636 valence electrons. The van der Waals surface area contributed by atoms with Crippen molar-refractivity contribution in [3.8, 4) is 135 Å². The third-order valence-corrected chi connectivity index (χ3v) is 18.0. The summed E-state index contributed by atoms with van der Waals surface area (Å²) < 4.78 is 86.8. The van der Waals surface area contributed by atoms with Crippen LogP contribution in [0.1, 0.15) is 38.7 Å². The van der Waals surface area contributed by atoms with Gasteiger partial charge in [-0.25, -0.2) is 0 Å². The minimum absolute atomic E-state index is 0. The van der Waals surface area contributed by atoms with Crippen LogP contribution in [-0.4, -0.2) is 59.8 Å². The van der Waals surface area contributed by atoms with Crippen molar-refractivity contribution < 1.29 is 96.9 Å². The number of hydrogen-bond donors (Lipinski definition) is 0. The van der Waals surface area contributed by atoms with E-state index in [0.717, 1.165) is 135 Å². The quantitative estimate of drug-likeness (QED) is 0.107. The van der Waals surface area contributed by atoms with E-state index in [9.17, 15) is 0 Å². The van der Waals surface area contributed by atoms with Gasteiger partial charge in [0.25, 0.3) is 0 Å². The average molecular weight is 2380 g/mol. The van der Waals surface area contributed by atoms with Crippen LogP contribution in [0.2, 0.25) is 0 Å². The first-order chi connectivity index (χ1) is 66.0. The standard InChI is InChI=1S/4C16H11N2.4C12H10N.4Ir/c1-2-6-13(7-3-1)16-10-9-14(12-18-16)15-8-4-5-11-17-15;2*1-2-5-13(6-3-1)16-9-8-15(12-18-16)14-7-4-10-17-11-14;1-2-4-14(5-3-1)16-7-6-15(12-18-16)13-8-10-17-11-9-13;4*1-10-7-8-12(13-9-10)11-5-3-2-4-6-11;;;;/h1-6,8-12H;2*1-5,7-12H;1-4,6-12H;4*2-5,7-9H,1H3;;;;/q8*-1;;;;/i;;;;4*1D3;;;;. The third kappa shape index (κ3) is 31.4. The predicted molar refractivity (Wildman–Crippen MR) is 500 cm³/mol. The van der Waals surface area contributed by atoms with Crippen molar-refractivity contribution in [3.63, 3.8) is 0 Å². The van der Waals surface area contributed by atoms with Crippen molar-refractivity contribution in [1.82, 2.24) is 59.8 Å². The molecule has 0 atom stereocenters. The monoisotopic (exact) mass is 2380 g/mol. The van der Waals surface area contributed by atoms with Crippen LogP contribution < -0.4 is 0 Å². The van der Waals surface area contributed by atoms with E-state index >= 15 is 0 Å². The van der Waals surface area contributed by atoms with Gasteiger partial charge in [0.2, 0.25) is 0 Å². The topological polar surface area (TPSA) is 155 Å². The summed E-state index contributed by atoms with van der Waals surface area (Å²) in [6.45, 7) is -8.37. The van der Waals surface area contributed by atoms with Crippen molar-refractivity contribution in [2.75, 3.05) is 0 Å². The van der Waals surface area contributed by atoms with Crippen LogP contribution >= 0.6 is 0 Å². The number of rotatable bonds is 12. The molecule has 0 spiro atoms. The van der Waals surface area contributed by atoms with E-state index < -0.39 is 27.4 Å². The summed E-state index contributed by atoms with van der Waals surface area (Å²) in [6, 6.07) is 133. The van der Waals surface area contributed by atoms with Crippen molar-refractivity contribution in [2.24, 2.45) is 0 Å². The van der Waals surface area contributed by atoms with Gasteiger partial charge in [-0.2, -0.15) is 0 Å². The molecule has 128 heavy (non-hydrogen) atoms. The zero-order chi connectivity index (χ0) is 95.2. The average Bonchev–Trinajstić information content (AvgIpc) is 0.828. The van der Waals surface area contributed by atoms with Gasteiger partial charge in [-0.05, 0) is 154 Å². The fourth-order valence-corrected chi connectivity index (χ4v) is 11.7. The van der Waals surface area contributed by atoms with Gasteiger partial charge < -0.3 is 39.9 Å². The molecule has 0 fully saturated rings. The summed E-state index contributed by atoms with van der Waals surface area (Å²) in [4.78, 5) is 50.9. The molecule has 0 aliphatic rings. The second kappa shape index (κ2) is 54.1. The molecule has 0 N–H and O–H groups in total. The predicted octanol–water partition coefficient (Wildman–Crippen LogP) is 25.9. The van der Waals surface area contributed by atoms with Crippen LogP contribution in [0.5, 0.6) is 0 Å². The number of aromatic nitrogens is 12. The van der Waals surface area contributed by atoms with Crippen LogP contribution in [0.15, 0.2) is 439 Å². The first-order valence-corrected chi connectivity index (χ1v) is 39.1. The number of hydrogen-bond acceptors (Lipinski definition) is 12. The van der Waals surface area contributed by atoms with Gasteiger partial charge in [-0.3, -0.25) is 19.9 Å². The van der Waals surface area contributed by atoms with Crippen molar-refractivity contribution in [1.29, 1.82) is 0 Å². The van der Waals surface area contributed by atoms with Gasteiger partial charge in [-0.1, -0.05) is 115 Å². The summed E-state index contributed by atoms with van der Waals surface area (Å²) in [5.41, 5.74) is 23.6. The number of aryl methyl sites for hydroxylation is 4. The normalized spacial score (nSPS) is 11.6. The zero-order valence-corrected chi connectivity index (χ0v) is 77.8. The molecule has 0 aliphatic heterocycles. The Hall–Kier alpha value is -13.8. The molecule has 20 rings (SSSR count). The van der Waals surface area contributed by atoms with Gasteiger partial charge in [0.1, 0.15) is 0 Å². The van der Waals surface area contributed by atoms with Crippen molar-refractivity contribution in [2.45, 2.75) is 27.4 Å². The van der Waals surface area contributed by atoms with Crippen LogP contribution in [0.4, 0.5) is 0 Å². The Kier molecular flexibility index (Phi) is 34.3. The summed E-state index contributed by atoms with van der Waals surface area (Å²) in [5, 5.41) is 0. The Balaban J connectivity index is 0.000000178. The maximum Gasteiger partial charge on any atom is 0.0716 e. The molecular formula is C112H84Ir4N12-8. The fourth-order valence-electron chi connectivity index (χ4n) is 11.7. The van der Waals surface area contributed by atoms with E-state index in [4.69, 9.17) is 16.4 Å². The second-order valence-electron chi connectivity index (χ2n) is 26.6. The van der Waals surface area contributed by atoms with E-state index in [-0.39, 0.29) is 103 Å². The molecular weight excluding hydrogens is 2280 g/mol. The summed E-state index contributed by atoms with van der Waals surface area (Å²) in [6.07, 6.45) is 25.6. The zero-order valence-electron chi connectivity index (χ0n) is 80.3. The van der Waals surface area contributed by atoms with Gasteiger partial charge >= 0.3 is 0 Å².